The summed E-state index contributed by atoms with van der Waals surface area (Å²) in [5.41, 5.74) is 0. The molecule has 0 aliphatic carbocycles. The smallest absolute Gasteiger partial charge is 0.287 e. The Kier molecular flexibility index (Phi) is 5.82. The molecule has 2 rings (SSSR count). The molecular weight excluding hydrogens is 323 g/mol. The highest BCUT2D eigenvalue weighted by molar-refractivity contribution is 6.29. The molecule has 7 heteroatoms. The van der Waals surface area contributed by atoms with E-state index >= 15 is 0 Å². The Labute approximate surface area is 139 Å². The van der Waals surface area contributed by atoms with E-state index in [1.807, 2.05) is 6.92 Å². The van der Waals surface area contributed by atoms with E-state index in [4.69, 9.17) is 11.6 Å². The number of allylic oxidation sites excluding steroid dienone is 1. The fraction of sp³-hybridized carbons (Fsp3) is 0.500. The summed E-state index contributed by atoms with van der Waals surface area (Å²) in [5.74, 6) is -0.0528. The fourth-order valence-corrected chi connectivity index (χ4v) is 2.71. The van der Waals surface area contributed by atoms with E-state index in [1.54, 1.807) is 4.90 Å². The highest BCUT2D eigenvalue weighted by Gasteiger charge is 2.31. The van der Waals surface area contributed by atoms with Crippen LogP contribution in [0.2, 0.25) is 0 Å². The molecule has 1 aliphatic rings. The molecule has 1 aromatic rings. The molecule has 23 heavy (non-hydrogen) atoms. The van der Waals surface area contributed by atoms with Gasteiger partial charge in [-0.15, -0.1) is 0 Å². The van der Waals surface area contributed by atoms with Gasteiger partial charge >= 0.3 is 0 Å². The van der Waals surface area contributed by atoms with Gasteiger partial charge in [0.25, 0.3) is 11.9 Å². The van der Waals surface area contributed by atoms with E-state index in [1.165, 1.54) is 6.07 Å². The van der Waals surface area contributed by atoms with Crippen LogP contribution in [-0.2, 0) is 4.79 Å². The van der Waals surface area contributed by atoms with Crippen LogP contribution < -0.4 is 5.32 Å². The third kappa shape index (κ3) is 5.10. The third-order valence-electron chi connectivity index (χ3n) is 3.78. The first kappa shape index (κ1) is 17.5. The minimum Gasteiger partial charge on any atom is -0.426 e. The summed E-state index contributed by atoms with van der Waals surface area (Å²) < 4.78 is 17.4. The molecule has 1 unspecified atom stereocenters. The lowest BCUT2D eigenvalue weighted by Gasteiger charge is -2.40. The zero-order valence-corrected chi connectivity index (χ0v) is 13.7. The van der Waals surface area contributed by atoms with Gasteiger partial charge in [-0.1, -0.05) is 18.2 Å². The Morgan fingerprint density at radius 1 is 1.48 bits per heavy atom. The van der Waals surface area contributed by atoms with Crippen LogP contribution in [0.4, 0.5) is 4.39 Å². The van der Waals surface area contributed by atoms with Crippen molar-refractivity contribution in [3.63, 3.8) is 0 Å². The van der Waals surface area contributed by atoms with E-state index in [0.717, 1.165) is 12.5 Å². The van der Waals surface area contributed by atoms with Gasteiger partial charge in [0.15, 0.2) is 5.76 Å². The molecule has 2 heterocycles. The number of halogens is 2. The van der Waals surface area contributed by atoms with Gasteiger partial charge in [0.1, 0.15) is 0 Å². The SMILES string of the molecule is C=C(Cl)CCC(=O)N1CC(CC(C)NC(=O)c2ccc(F)o2)C1. The summed E-state index contributed by atoms with van der Waals surface area (Å²) in [5, 5.41) is 3.25. The minimum absolute atomic E-state index is 0.0407. The van der Waals surface area contributed by atoms with Crippen molar-refractivity contribution in [1.29, 1.82) is 0 Å². The highest BCUT2D eigenvalue weighted by Crippen LogP contribution is 2.22. The van der Waals surface area contributed by atoms with Gasteiger partial charge in [0.2, 0.25) is 5.91 Å². The first-order valence-electron chi connectivity index (χ1n) is 7.52. The molecule has 1 fully saturated rings. The third-order valence-corrected chi connectivity index (χ3v) is 3.97. The summed E-state index contributed by atoms with van der Waals surface area (Å²) in [6.45, 7) is 6.80. The predicted octanol–water partition coefficient (Wildman–Crippen LogP) is 2.92. The second kappa shape index (κ2) is 7.64. The lowest BCUT2D eigenvalue weighted by atomic mass is 9.92. The molecule has 1 aromatic heterocycles. The number of likely N-dealkylation sites (tertiary alicyclic amines) is 1. The first-order chi connectivity index (χ1) is 10.8. The van der Waals surface area contributed by atoms with Crippen LogP contribution >= 0.6 is 11.6 Å². The van der Waals surface area contributed by atoms with Crippen LogP contribution in [-0.4, -0.2) is 35.8 Å². The maximum absolute atomic E-state index is 12.7. The second-order valence-electron chi connectivity index (χ2n) is 5.90. The number of furan rings is 1. The van der Waals surface area contributed by atoms with Crippen LogP contribution in [0.5, 0.6) is 0 Å². The average molecular weight is 343 g/mol. The fourth-order valence-electron chi connectivity index (χ4n) is 2.61. The van der Waals surface area contributed by atoms with Crippen molar-refractivity contribution < 1.29 is 18.4 Å². The molecule has 0 aromatic carbocycles. The van der Waals surface area contributed by atoms with E-state index in [-0.39, 0.29) is 17.7 Å². The quantitative estimate of drug-likeness (QED) is 0.828. The van der Waals surface area contributed by atoms with Gasteiger partial charge in [-0.2, -0.15) is 4.39 Å². The molecule has 1 atom stereocenters. The topological polar surface area (TPSA) is 62.6 Å². The van der Waals surface area contributed by atoms with Crippen molar-refractivity contribution in [3.8, 4) is 0 Å². The van der Waals surface area contributed by atoms with Crippen molar-refractivity contribution in [2.24, 2.45) is 5.92 Å². The van der Waals surface area contributed by atoms with Crippen molar-refractivity contribution in [2.75, 3.05) is 13.1 Å². The van der Waals surface area contributed by atoms with Gasteiger partial charge in [-0.3, -0.25) is 9.59 Å². The number of nitrogens with one attached hydrogen (secondary N) is 1. The Morgan fingerprint density at radius 2 is 2.17 bits per heavy atom. The van der Waals surface area contributed by atoms with Crippen LogP contribution in [0, 0.1) is 11.9 Å². The largest absolute Gasteiger partial charge is 0.426 e. The van der Waals surface area contributed by atoms with Gasteiger partial charge in [0.05, 0.1) is 0 Å². The number of amides is 2. The summed E-state index contributed by atoms with van der Waals surface area (Å²) >= 11 is 5.65. The molecular formula is C16H20ClFN2O3. The Hall–Kier alpha value is -1.82. The maximum Gasteiger partial charge on any atom is 0.287 e. The number of carbonyl (C=O) groups excluding carboxylic acids is 2. The molecule has 0 spiro atoms. The lowest BCUT2D eigenvalue weighted by molar-refractivity contribution is -0.137. The Morgan fingerprint density at radius 3 is 2.74 bits per heavy atom. The van der Waals surface area contributed by atoms with E-state index < -0.39 is 11.9 Å². The molecule has 2 amide bonds. The van der Waals surface area contributed by atoms with Gasteiger partial charge in [-0.05, 0) is 31.7 Å². The second-order valence-corrected chi connectivity index (χ2v) is 6.43. The minimum atomic E-state index is -0.782. The molecule has 0 bridgehead atoms. The number of hydrogen-bond acceptors (Lipinski definition) is 3. The number of carbonyl (C=O) groups is 2. The summed E-state index contributed by atoms with van der Waals surface area (Å²) in [6.07, 6.45) is 1.63. The Balaban J connectivity index is 1.68. The van der Waals surface area contributed by atoms with E-state index in [2.05, 4.69) is 16.3 Å². The molecule has 126 valence electrons. The predicted molar refractivity (Wildman–Crippen MR) is 84.5 cm³/mol. The van der Waals surface area contributed by atoms with Gasteiger partial charge in [0, 0.05) is 36.7 Å². The summed E-state index contributed by atoms with van der Waals surface area (Å²) in [6, 6.07) is 1.53. The van der Waals surface area contributed by atoms with Crippen LogP contribution in [0.25, 0.3) is 0 Å². The monoisotopic (exact) mass is 342 g/mol. The van der Waals surface area contributed by atoms with Crippen molar-refractivity contribution >= 4 is 23.4 Å². The average Bonchev–Trinajstić information content (AvgIpc) is 2.86. The molecule has 0 radical (unpaired) electrons. The maximum atomic E-state index is 12.7. The highest BCUT2D eigenvalue weighted by atomic mass is 35.5. The van der Waals surface area contributed by atoms with Crippen LogP contribution in [0.1, 0.15) is 36.7 Å². The summed E-state index contributed by atoms with van der Waals surface area (Å²) in [7, 11) is 0. The van der Waals surface area contributed by atoms with Crippen molar-refractivity contribution in [1.82, 2.24) is 10.2 Å². The van der Waals surface area contributed by atoms with Crippen LogP contribution in [0.15, 0.2) is 28.2 Å². The summed E-state index contributed by atoms with van der Waals surface area (Å²) in [4.78, 5) is 25.4. The number of rotatable bonds is 7. The molecule has 0 saturated carbocycles. The molecule has 1 saturated heterocycles. The molecule has 1 aliphatic heterocycles. The van der Waals surface area contributed by atoms with E-state index in [0.29, 0.717) is 36.9 Å². The standard InChI is InChI=1S/C16H20ClFN2O3/c1-10(17)3-6-15(21)20-8-12(9-20)7-11(2)19-16(22)13-4-5-14(18)23-13/h4-5,11-12H,1,3,6-9H2,2H3,(H,19,22). The first-order valence-corrected chi connectivity index (χ1v) is 7.90. The number of hydrogen-bond donors (Lipinski definition) is 1. The number of nitrogens with zero attached hydrogens (tertiary/aromatic N) is 1. The molecule has 5 nitrogen and oxygen atoms in total. The van der Waals surface area contributed by atoms with E-state index in [9.17, 15) is 14.0 Å². The Bertz CT molecular complexity index is 596. The lowest BCUT2D eigenvalue weighted by Crippen LogP contribution is -2.51. The van der Waals surface area contributed by atoms with Gasteiger partial charge < -0.3 is 14.6 Å². The molecule has 1 N–H and O–H groups in total. The van der Waals surface area contributed by atoms with Crippen molar-refractivity contribution in [2.45, 2.75) is 32.2 Å². The van der Waals surface area contributed by atoms with Crippen molar-refractivity contribution in [3.05, 3.63) is 35.5 Å². The van der Waals surface area contributed by atoms with Crippen LogP contribution in [0.3, 0.4) is 0 Å². The zero-order valence-electron chi connectivity index (χ0n) is 13.0. The van der Waals surface area contributed by atoms with Gasteiger partial charge in [-0.25, -0.2) is 0 Å². The normalized spacial score (nSPS) is 15.9. The zero-order chi connectivity index (χ0) is 17.0.